The van der Waals surface area contributed by atoms with Gasteiger partial charge in [-0.05, 0) is 38.0 Å². The number of hydrogen-bond donors (Lipinski definition) is 3. The van der Waals surface area contributed by atoms with Crippen molar-refractivity contribution in [2.75, 3.05) is 31.6 Å². The predicted octanol–water partition coefficient (Wildman–Crippen LogP) is 2.30. The van der Waals surface area contributed by atoms with Crippen LogP contribution in [0, 0.1) is 20.8 Å². The van der Waals surface area contributed by atoms with E-state index in [4.69, 9.17) is 0 Å². The topological polar surface area (TPSA) is 90.1 Å². The SMILES string of the molecule is Cc1ccccc1CNc1cc(C(=O)N(CCO)CCO)cn2c(C)c(C)nc12. The van der Waals surface area contributed by atoms with Gasteiger partial charge >= 0.3 is 0 Å². The van der Waals surface area contributed by atoms with Gasteiger partial charge in [0, 0.05) is 31.5 Å². The van der Waals surface area contributed by atoms with Gasteiger partial charge in [0.1, 0.15) is 0 Å². The molecule has 1 amide bonds. The minimum absolute atomic E-state index is 0.157. The number of rotatable bonds is 8. The summed E-state index contributed by atoms with van der Waals surface area (Å²) in [6.45, 7) is 6.62. The van der Waals surface area contributed by atoms with Crippen molar-refractivity contribution in [1.82, 2.24) is 14.3 Å². The number of amides is 1. The molecule has 0 saturated carbocycles. The molecule has 0 aliphatic heterocycles. The molecule has 0 atom stereocenters. The Morgan fingerprint density at radius 2 is 1.83 bits per heavy atom. The van der Waals surface area contributed by atoms with Gasteiger partial charge in [-0.2, -0.15) is 0 Å². The fourth-order valence-corrected chi connectivity index (χ4v) is 3.36. The first-order valence-electron chi connectivity index (χ1n) is 9.75. The number of benzene rings is 1. The predicted molar refractivity (Wildman–Crippen MR) is 113 cm³/mol. The maximum Gasteiger partial charge on any atom is 0.255 e. The third-order valence-corrected chi connectivity index (χ3v) is 5.20. The molecule has 7 nitrogen and oxygen atoms in total. The number of carbonyl (C=O) groups excluding carboxylic acids is 1. The molecule has 0 bridgehead atoms. The summed E-state index contributed by atoms with van der Waals surface area (Å²) in [5.41, 5.74) is 6.23. The number of carbonyl (C=O) groups is 1. The fraction of sp³-hybridized carbons (Fsp3) is 0.364. The van der Waals surface area contributed by atoms with E-state index < -0.39 is 0 Å². The number of aromatic nitrogens is 2. The molecule has 0 unspecified atom stereocenters. The highest BCUT2D eigenvalue weighted by Crippen LogP contribution is 2.24. The molecule has 0 aliphatic rings. The zero-order valence-corrected chi connectivity index (χ0v) is 17.1. The molecule has 3 rings (SSSR count). The molecular formula is C22H28N4O3. The van der Waals surface area contributed by atoms with Crippen molar-refractivity contribution in [3.63, 3.8) is 0 Å². The second kappa shape index (κ2) is 9.07. The summed E-state index contributed by atoms with van der Waals surface area (Å²) in [5.74, 6) is -0.236. The van der Waals surface area contributed by atoms with Gasteiger partial charge in [0.15, 0.2) is 5.65 Å². The molecule has 3 N–H and O–H groups in total. The molecule has 0 saturated heterocycles. The number of nitrogens with one attached hydrogen (secondary N) is 1. The zero-order chi connectivity index (χ0) is 21.0. The van der Waals surface area contributed by atoms with Gasteiger partial charge in [-0.15, -0.1) is 0 Å². The molecule has 0 fully saturated rings. The molecule has 0 radical (unpaired) electrons. The molecule has 0 aliphatic carbocycles. The van der Waals surface area contributed by atoms with E-state index in [2.05, 4.69) is 29.4 Å². The lowest BCUT2D eigenvalue weighted by atomic mass is 10.1. The third kappa shape index (κ3) is 4.41. The molecule has 2 aromatic heterocycles. The summed E-state index contributed by atoms with van der Waals surface area (Å²) in [7, 11) is 0. The van der Waals surface area contributed by atoms with Crippen molar-refractivity contribution >= 4 is 17.2 Å². The van der Waals surface area contributed by atoms with E-state index >= 15 is 0 Å². The molecule has 154 valence electrons. The first kappa shape index (κ1) is 20.8. The second-order valence-electron chi connectivity index (χ2n) is 7.14. The van der Waals surface area contributed by atoms with Crippen molar-refractivity contribution < 1.29 is 15.0 Å². The summed E-state index contributed by atoms with van der Waals surface area (Å²) in [5, 5.41) is 22.0. The Morgan fingerprint density at radius 3 is 2.48 bits per heavy atom. The average Bonchev–Trinajstić information content (AvgIpc) is 3.00. The Bertz CT molecular complexity index is 1010. The quantitative estimate of drug-likeness (QED) is 0.544. The van der Waals surface area contributed by atoms with Crippen LogP contribution in [0.25, 0.3) is 5.65 Å². The van der Waals surface area contributed by atoms with Crippen LogP contribution in [0.1, 0.15) is 32.9 Å². The molecule has 29 heavy (non-hydrogen) atoms. The van der Waals surface area contributed by atoms with Crippen LogP contribution in [0.2, 0.25) is 0 Å². The average molecular weight is 396 g/mol. The summed E-state index contributed by atoms with van der Waals surface area (Å²) in [6.07, 6.45) is 1.77. The van der Waals surface area contributed by atoms with Gasteiger partial charge in [-0.25, -0.2) is 4.98 Å². The summed E-state index contributed by atoms with van der Waals surface area (Å²) < 4.78 is 1.92. The van der Waals surface area contributed by atoms with Crippen molar-refractivity contribution in [3.8, 4) is 0 Å². The molecule has 7 heteroatoms. The first-order chi connectivity index (χ1) is 14.0. The van der Waals surface area contributed by atoms with Crippen LogP contribution in [0.3, 0.4) is 0 Å². The van der Waals surface area contributed by atoms with Crippen LogP contribution >= 0.6 is 0 Å². The van der Waals surface area contributed by atoms with Crippen LogP contribution in [0.15, 0.2) is 36.5 Å². The number of hydrogen-bond acceptors (Lipinski definition) is 5. The Hall–Kier alpha value is -2.90. The van der Waals surface area contributed by atoms with E-state index in [-0.39, 0.29) is 32.2 Å². The highest BCUT2D eigenvalue weighted by molar-refractivity contribution is 5.96. The highest BCUT2D eigenvalue weighted by atomic mass is 16.3. The molecule has 1 aromatic carbocycles. The Kier molecular flexibility index (Phi) is 6.51. The maximum atomic E-state index is 13.0. The number of aliphatic hydroxyl groups excluding tert-OH is 2. The van der Waals surface area contributed by atoms with Crippen LogP contribution in [-0.2, 0) is 6.54 Å². The minimum Gasteiger partial charge on any atom is -0.395 e. The zero-order valence-electron chi connectivity index (χ0n) is 17.1. The third-order valence-electron chi connectivity index (χ3n) is 5.20. The second-order valence-corrected chi connectivity index (χ2v) is 7.14. The summed E-state index contributed by atoms with van der Waals surface area (Å²) in [6, 6.07) is 9.95. The van der Waals surface area contributed by atoms with Gasteiger partial charge in [0.2, 0.25) is 0 Å². The van der Waals surface area contributed by atoms with Gasteiger partial charge in [-0.1, -0.05) is 24.3 Å². The molecular weight excluding hydrogens is 368 g/mol. The largest absolute Gasteiger partial charge is 0.395 e. The van der Waals surface area contributed by atoms with Crippen molar-refractivity contribution in [2.24, 2.45) is 0 Å². The summed E-state index contributed by atoms with van der Waals surface area (Å²) >= 11 is 0. The number of aryl methyl sites for hydroxylation is 3. The highest BCUT2D eigenvalue weighted by Gasteiger charge is 2.19. The van der Waals surface area contributed by atoms with E-state index in [0.717, 1.165) is 22.7 Å². The number of nitrogens with zero attached hydrogens (tertiary/aromatic N) is 3. The van der Waals surface area contributed by atoms with Crippen molar-refractivity contribution in [2.45, 2.75) is 27.3 Å². The maximum absolute atomic E-state index is 13.0. The number of aliphatic hydroxyl groups is 2. The van der Waals surface area contributed by atoms with E-state index in [0.29, 0.717) is 12.1 Å². The Labute approximate surface area is 170 Å². The van der Waals surface area contributed by atoms with Gasteiger partial charge < -0.3 is 24.8 Å². The minimum atomic E-state index is -0.236. The summed E-state index contributed by atoms with van der Waals surface area (Å²) in [4.78, 5) is 19.1. The van der Waals surface area contributed by atoms with Gasteiger partial charge in [-0.3, -0.25) is 4.79 Å². The smallest absolute Gasteiger partial charge is 0.255 e. The number of fused-ring (bicyclic) bond motifs is 1. The van der Waals surface area contributed by atoms with Gasteiger partial charge in [0.05, 0.1) is 30.2 Å². The fourth-order valence-electron chi connectivity index (χ4n) is 3.36. The molecule has 0 spiro atoms. The van der Waals surface area contributed by atoms with E-state index in [1.807, 2.05) is 30.4 Å². The lowest BCUT2D eigenvalue weighted by Gasteiger charge is -2.21. The van der Waals surface area contributed by atoms with E-state index in [1.165, 1.54) is 16.0 Å². The van der Waals surface area contributed by atoms with E-state index in [1.54, 1.807) is 12.3 Å². The Morgan fingerprint density at radius 1 is 1.14 bits per heavy atom. The van der Waals surface area contributed by atoms with E-state index in [9.17, 15) is 15.0 Å². The lowest BCUT2D eigenvalue weighted by molar-refractivity contribution is 0.0684. The van der Waals surface area contributed by atoms with Gasteiger partial charge in [0.25, 0.3) is 5.91 Å². The van der Waals surface area contributed by atoms with Crippen LogP contribution < -0.4 is 5.32 Å². The number of imidazole rings is 1. The number of pyridine rings is 1. The first-order valence-corrected chi connectivity index (χ1v) is 9.75. The van der Waals surface area contributed by atoms with Crippen LogP contribution in [0.4, 0.5) is 5.69 Å². The molecule has 3 aromatic rings. The standard InChI is InChI=1S/C22H28N4O3/c1-15-6-4-5-7-18(15)13-23-20-12-19(22(29)25(8-10-27)9-11-28)14-26-17(3)16(2)24-21(20)26/h4-7,12,14,23,27-28H,8-11,13H2,1-3H3. The van der Waals surface area contributed by atoms with Crippen molar-refractivity contribution in [1.29, 1.82) is 0 Å². The Balaban J connectivity index is 2.00. The normalized spacial score (nSPS) is 11.1. The monoisotopic (exact) mass is 396 g/mol. The lowest BCUT2D eigenvalue weighted by Crippen LogP contribution is -2.36. The molecule has 2 heterocycles. The number of anilines is 1. The van der Waals surface area contributed by atoms with Crippen LogP contribution in [0.5, 0.6) is 0 Å². The van der Waals surface area contributed by atoms with Crippen molar-refractivity contribution in [3.05, 3.63) is 64.6 Å². The van der Waals surface area contributed by atoms with Crippen LogP contribution in [-0.4, -0.2) is 56.7 Å².